The lowest BCUT2D eigenvalue weighted by Crippen LogP contribution is -2.45. The van der Waals surface area contributed by atoms with Crippen molar-refractivity contribution in [3.05, 3.63) is 64.7 Å². The van der Waals surface area contributed by atoms with Crippen molar-refractivity contribution in [2.45, 2.75) is 52.5 Å². The van der Waals surface area contributed by atoms with Crippen molar-refractivity contribution in [1.29, 1.82) is 0 Å². The zero-order valence-corrected chi connectivity index (χ0v) is 18.5. The van der Waals surface area contributed by atoms with E-state index in [4.69, 9.17) is 5.73 Å². The summed E-state index contributed by atoms with van der Waals surface area (Å²) in [6.45, 7) is 9.66. The molecule has 0 saturated heterocycles. The minimum atomic E-state index is -0.753. The summed E-state index contributed by atoms with van der Waals surface area (Å²) in [6.07, 6.45) is 4.30. The van der Waals surface area contributed by atoms with Gasteiger partial charge in [-0.25, -0.2) is 0 Å². The predicted molar refractivity (Wildman–Crippen MR) is 124 cm³/mol. The zero-order chi connectivity index (χ0) is 22.7. The van der Waals surface area contributed by atoms with Crippen molar-refractivity contribution in [2.24, 2.45) is 0 Å². The number of aromatic hydroxyl groups is 1. The van der Waals surface area contributed by atoms with E-state index >= 15 is 0 Å². The van der Waals surface area contributed by atoms with Crippen molar-refractivity contribution in [3.63, 3.8) is 0 Å². The molecule has 6 nitrogen and oxygen atoms in total. The molecular formula is C25H31N3O3. The summed E-state index contributed by atoms with van der Waals surface area (Å²) in [5.41, 5.74) is 11.2. The molecule has 1 atom stereocenters. The number of hydrogen-bond acceptors (Lipinski definition) is 4. The molecule has 1 aliphatic heterocycles. The van der Waals surface area contributed by atoms with E-state index in [-0.39, 0.29) is 17.6 Å². The molecule has 0 bridgehead atoms. The fraction of sp³-hybridized carbons (Fsp3) is 0.360. The minimum absolute atomic E-state index is 0.0511. The van der Waals surface area contributed by atoms with Gasteiger partial charge in [-0.05, 0) is 86.1 Å². The van der Waals surface area contributed by atoms with Gasteiger partial charge in [-0.3, -0.25) is 9.59 Å². The number of allylic oxidation sites excluding steroid dienone is 1. The van der Waals surface area contributed by atoms with Crippen LogP contribution in [-0.4, -0.2) is 28.4 Å². The molecule has 0 aliphatic carbocycles. The normalized spacial score (nSPS) is 15.3. The first-order chi connectivity index (χ1) is 14.7. The summed E-state index contributed by atoms with van der Waals surface area (Å²) in [6, 6.07) is 6.56. The van der Waals surface area contributed by atoms with E-state index in [0.717, 1.165) is 28.7 Å². The van der Waals surface area contributed by atoms with Gasteiger partial charge in [0, 0.05) is 24.3 Å². The second-order valence-corrected chi connectivity index (χ2v) is 8.21. The van der Waals surface area contributed by atoms with E-state index < -0.39 is 6.04 Å². The Bertz CT molecular complexity index is 1030. The number of anilines is 2. The van der Waals surface area contributed by atoms with Gasteiger partial charge in [0.05, 0.1) is 0 Å². The molecule has 0 aromatic heterocycles. The number of carbonyl (C=O) groups is 2. The molecule has 1 aliphatic rings. The zero-order valence-electron chi connectivity index (χ0n) is 18.5. The van der Waals surface area contributed by atoms with E-state index in [9.17, 15) is 14.7 Å². The van der Waals surface area contributed by atoms with Gasteiger partial charge in [-0.1, -0.05) is 12.1 Å². The van der Waals surface area contributed by atoms with Gasteiger partial charge in [0.2, 0.25) is 5.91 Å². The summed E-state index contributed by atoms with van der Waals surface area (Å²) in [5, 5.41) is 13.2. The number of hydrogen-bond donors (Lipinski definition) is 3. The van der Waals surface area contributed by atoms with Crippen LogP contribution in [0.5, 0.6) is 5.75 Å². The Kier molecular flexibility index (Phi) is 6.68. The third kappa shape index (κ3) is 4.58. The van der Waals surface area contributed by atoms with Gasteiger partial charge in [-0.2, -0.15) is 0 Å². The fourth-order valence-corrected chi connectivity index (χ4v) is 4.13. The average Bonchev–Trinajstić information content (AvgIpc) is 2.75. The Labute approximate surface area is 183 Å². The third-order valence-electron chi connectivity index (χ3n) is 6.08. The van der Waals surface area contributed by atoms with Crippen molar-refractivity contribution in [2.75, 3.05) is 17.6 Å². The number of nitrogen functional groups attached to an aromatic ring is 1. The molecule has 2 amide bonds. The quantitative estimate of drug-likeness (QED) is 0.280. The number of benzene rings is 2. The first kappa shape index (κ1) is 22.4. The maximum atomic E-state index is 13.5. The smallest absolute Gasteiger partial charge is 0.251 e. The minimum Gasteiger partial charge on any atom is -0.507 e. The number of fused-ring (bicyclic) bond motifs is 1. The number of unbranched alkanes of at least 4 members (excludes halogenated alkanes) is 1. The summed E-state index contributed by atoms with van der Waals surface area (Å²) in [4.78, 5) is 28.2. The Morgan fingerprint density at radius 2 is 2.00 bits per heavy atom. The second-order valence-electron chi connectivity index (χ2n) is 8.21. The van der Waals surface area contributed by atoms with E-state index in [1.807, 2.05) is 26.0 Å². The fourth-order valence-electron chi connectivity index (χ4n) is 4.13. The Morgan fingerprint density at radius 1 is 1.26 bits per heavy atom. The monoisotopic (exact) mass is 421 g/mol. The number of nitrogens with zero attached hydrogens (tertiary/aromatic N) is 1. The first-order valence-electron chi connectivity index (χ1n) is 10.6. The maximum Gasteiger partial charge on any atom is 0.251 e. The number of nitrogens with two attached hydrogens (primary N) is 1. The first-order valence-corrected chi connectivity index (χ1v) is 10.6. The largest absolute Gasteiger partial charge is 0.507 e. The van der Waals surface area contributed by atoms with Crippen LogP contribution in [0.4, 0.5) is 11.4 Å². The molecule has 31 heavy (non-hydrogen) atoms. The van der Waals surface area contributed by atoms with Crippen molar-refractivity contribution in [1.82, 2.24) is 4.90 Å². The van der Waals surface area contributed by atoms with E-state index in [2.05, 4.69) is 11.9 Å². The molecule has 1 heterocycles. The highest BCUT2D eigenvalue weighted by atomic mass is 16.3. The number of aryl methyl sites for hydroxylation is 1. The molecule has 0 fully saturated rings. The lowest BCUT2D eigenvalue weighted by molar-refractivity contribution is -0.139. The highest BCUT2D eigenvalue weighted by Crippen LogP contribution is 2.35. The Balaban J connectivity index is 1.97. The molecule has 0 saturated carbocycles. The molecule has 0 radical (unpaired) electrons. The lowest BCUT2D eigenvalue weighted by Gasteiger charge is -2.37. The second kappa shape index (κ2) is 9.25. The number of carbonyl (C=O) groups excluding carboxylic acids is 2. The number of phenols is 1. The van der Waals surface area contributed by atoms with E-state index in [1.165, 1.54) is 0 Å². The van der Waals surface area contributed by atoms with E-state index in [1.54, 1.807) is 30.0 Å². The van der Waals surface area contributed by atoms with Crippen molar-refractivity contribution >= 4 is 23.2 Å². The van der Waals surface area contributed by atoms with Gasteiger partial charge in [0.15, 0.2) is 0 Å². The maximum absolute atomic E-state index is 13.5. The number of phenolic OH excluding ortho intramolecular Hbond substituents is 1. The van der Waals surface area contributed by atoms with Crippen LogP contribution in [-0.2, 0) is 16.0 Å². The summed E-state index contributed by atoms with van der Waals surface area (Å²) < 4.78 is 0. The molecule has 6 heteroatoms. The van der Waals surface area contributed by atoms with Crippen molar-refractivity contribution in [3.8, 4) is 5.75 Å². The molecule has 0 spiro atoms. The van der Waals surface area contributed by atoms with Crippen LogP contribution in [0.3, 0.4) is 0 Å². The van der Waals surface area contributed by atoms with Crippen LogP contribution >= 0.6 is 0 Å². The lowest BCUT2D eigenvalue weighted by atomic mass is 9.90. The van der Waals surface area contributed by atoms with Gasteiger partial charge in [0.25, 0.3) is 5.91 Å². The molecule has 2 aromatic carbocycles. The molecule has 164 valence electrons. The molecule has 1 unspecified atom stereocenters. The van der Waals surface area contributed by atoms with E-state index in [0.29, 0.717) is 42.7 Å². The third-order valence-corrected chi connectivity index (χ3v) is 6.08. The molecule has 2 aromatic rings. The molecule has 4 N–H and O–H groups in total. The highest BCUT2D eigenvalue weighted by molar-refractivity contribution is 5.99. The average molecular weight is 422 g/mol. The van der Waals surface area contributed by atoms with Gasteiger partial charge in [-0.15, -0.1) is 6.58 Å². The predicted octanol–water partition coefficient (Wildman–Crippen LogP) is 4.32. The van der Waals surface area contributed by atoms with Crippen molar-refractivity contribution < 1.29 is 14.7 Å². The summed E-state index contributed by atoms with van der Waals surface area (Å²) >= 11 is 0. The number of nitrogens with one attached hydrogen (secondary N) is 1. The van der Waals surface area contributed by atoms with Crippen LogP contribution in [0, 0.1) is 20.8 Å². The summed E-state index contributed by atoms with van der Waals surface area (Å²) in [5.74, 6) is -0.105. The summed E-state index contributed by atoms with van der Waals surface area (Å²) in [7, 11) is 0. The van der Waals surface area contributed by atoms with Crippen LogP contribution in [0.2, 0.25) is 0 Å². The highest BCUT2D eigenvalue weighted by Gasteiger charge is 2.36. The van der Waals surface area contributed by atoms with Crippen LogP contribution in [0.15, 0.2) is 36.9 Å². The van der Waals surface area contributed by atoms with Crippen LogP contribution in [0.1, 0.15) is 53.1 Å². The van der Waals surface area contributed by atoms with Gasteiger partial charge >= 0.3 is 0 Å². The van der Waals surface area contributed by atoms with Crippen LogP contribution < -0.4 is 11.1 Å². The Hall–Kier alpha value is -3.28. The van der Waals surface area contributed by atoms with Crippen LogP contribution in [0.25, 0.3) is 0 Å². The topological polar surface area (TPSA) is 95.7 Å². The Morgan fingerprint density at radius 3 is 2.71 bits per heavy atom. The van der Waals surface area contributed by atoms with Gasteiger partial charge in [0.1, 0.15) is 11.8 Å². The van der Waals surface area contributed by atoms with Gasteiger partial charge < -0.3 is 21.1 Å². The SMILES string of the molecule is C=CCCCC(=O)N1CCc2ccc(N)cc2C1C(=O)Nc1cc(C)c(O)c(C)c1C. The number of amides is 2. The number of rotatable bonds is 6. The molecular weight excluding hydrogens is 390 g/mol. The molecule has 3 rings (SSSR count). The standard InChI is InChI=1S/C25H31N3O3/c1-5-6-7-8-22(29)28-12-11-18-9-10-19(26)14-20(18)23(28)25(31)27-21-13-15(2)24(30)17(4)16(21)3/h5,9-10,13-14,23,30H,1,6-8,11-12,26H2,2-4H3,(H,27,31).